The highest BCUT2D eigenvalue weighted by Crippen LogP contribution is 2.38. The van der Waals surface area contributed by atoms with Gasteiger partial charge in [-0.2, -0.15) is 0 Å². The molecule has 2 nitrogen and oxygen atoms in total. The lowest BCUT2D eigenvalue weighted by Gasteiger charge is -2.19. The molecule has 0 saturated heterocycles. The number of para-hydroxylation sites is 1. The molecular weight excluding hydrogens is 290 g/mol. The molecule has 2 aromatic rings. The average Bonchev–Trinajstić information content (AvgIpc) is 2.66. The van der Waals surface area contributed by atoms with E-state index in [1.54, 1.807) is 0 Å². The van der Waals surface area contributed by atoms with Gasteiger partial charge in [-0.1, -0.05) is 39.8 Å². The number of benzene rings is 1. The van der Waals surface area contributed by atoms with Gasteiger partial charge in [-0.15, -0.1) is 0 Å². The second kappa shape index (κ2) is 5.06. The molecule has 0 aliphatic heterocycles. The van der Waals surface area contributed by atoms with Crippen LogP contribution in [0.25, 0.3) is 11.0 Å². The van der Waals surface area contributed by atoms with E-state index in [2.05, 4.69) is 61.1 Å². The minimum Gasteiger partial charge on any atom is -0.458 e. The van der Waals surface area contributed by atoms with E-state index in [1.165, 1.54) is 10.9 Å². The summed E-state index contributed by atoms with van der Waals surface area (Å²) in [6.07, 6.45) is 0. The third-order valence-electron chi connectivity index (χ3n) is 3.03. The second-order valence-electron chi connectivity index (χ2n) is 5.55. The van der Waals surface area contributed by atoms with Crippen molar-refractivity contribution in [2.75, 3.05) is 6.54 Å². The van der Waals surface area contributed by atoms with Crippen LogP contribution >= 0.6 is 15.9 Å². The van der Waals surface area contributed by atoms with Crippen molar-refractivity contribution in [1.82, 2.24) is 5.32 Å². The molecule has 0 radical (unpaired) electrons. The molecule has 1 heterocycles. The van der Waals surface area contributed by atoms with E-state index in [4.69, 9.17) is 4.42 Å². The molecule has 0 bridgehead atoms. The first-order valence-electron chi connectivity index (χ1n) is 6.36. The maximum absolute atomic E-state index is 6.05. The predicted octanol–water partition coefficient (Wildman–Crippen LogP) is 4.60. The lowest BCUT2D eigenvalue weighted by atomic mass is 9.85. The van der Waals surface area contributed by atoms with Crippen LogP contribution in [0, 0.1) is 0 Å². The number of hydrogen-bond donors (Lipinski definition) is 1. The monoisotopic (exact) mass is 309 g/mol. The third-order valence-corrected chi connectivity index (χ3v) is 3.65. The number of hydrogen-bond acceptors (Lipinski definition) is 2. The average molecular weight is 310 g/mol. The molecule has 3 heteroatoms. The predicted molar refractivity (Wildman–Crippen MR) is 80.0 cm³/mol. The Hall–Kier alpha value is -0.800. The SMILES string of the molecule is CCNCc1oc2c(Br)cccc2c1C(C)(C)C. The fourth-order valence-electron chi connectivity index (χ4n) is 2.32. The van der Waals surface area contributed by atoms with E-state index in [-0.39, 0.29) is 5.41 Å². The van der Waals surface area contributed by atoms with Crippen LogP contribution in [0.5, 0.6) is 0 Å². The van der Waals surface area contributed by atoms with Crippen molar-refractivity contribution in [3.05, 3.63) is 34.0 Å². The van der Waals surface area contributed by atoms with Gasteiger partial charge in [-0.3, -0.25) is 0 Å². The van der Waals surface area contributed by atoms with Gasteiger partial charge in [-0.25, -0.2) is 0 Å². The molecule has 2 rings (SSSR count). The quantitative estimate of drug-likeness (QED) is 0.896. The summed E-state index contributed by atoms with van der Waals surface area (Å²) in [4.78, 5) is 0. The molecule has 0 fully saturated rings. The maximum Gasteiger partial charge on any atom is 0.148 e. The minimum absolute atomic E-state index is 0.0802. The van der Waals surface area contributed by atoms with Gasteiger partial charge in [0.1, 0.15) is 11.3 Å². The highest BCUT2D eigenvalue weighted by Gasteiger charge is 2.25. The number of halogens is 1. The van der Waals surface area contributed by atoms with E-state index in [1.807, 2.05) is 6.07 Å². The van der Waals surface area contributed by atoms with E-state index < -0.39 is 0 Å². The molecule has 0 atom stereocenters. The van der Waals surface area contributed by atoms with Crippen molar-refractivity contribution in [1.29, 1.82) is 0 Å². The molecule has 0 aliphatic rings. The summed E-state index contributed by atoms with van der Waals surface area (Å²) in [7, 11) is 0. The zero-order valence-corrected chi connectivity index (χ0v) is 13.0. The van der Waals surface area contributed by atoms with Crippen molar-refractivity contribution in [2.45, 2.75) is 39.7 Å². The number of rotatable bonds is 3. The van der Waals surface area contributed by atoms with Crippen LogP contribution in [0.1, 0.15) is 39.0 Å². The maximum atomic E-state index is 6.05. The number of furan rings is 1. The Balaban J connectivity index is 2.65. The molecule has 1 N–H and O–H groups in total. The molecule has 0 unspecified atom stereocenters. The topological polar surface area (TPSA) is 25.2 Å². The summed E-state index contributed by atoms with van der Waals surface area (Å²) >= 11 is 3.57. The fraction of sp³-hybridized carbons (Fsp3) is 0.467. The van der Waals surface area contributed by atoms with Crippen molar-refractivity contribution >= 4 is 26.9 Å². The summed E-state index contributed by atoms with van der Waals surface area (Å²) in [5.74, 6) is 1.05. The van der Waals surface area contributed by atoms with Gasteiger partial charge in [0, 0.05) is 10.9 Å². The van der Waals surface area contributed by atoms with Crippen molar-refractivity contribution < 1.29 is 4.42 Å². The lowest BCUT2D eigenvalue weighted by Crippen LogP contribution is -2.18. The van der Waals surface area contributed by atoms with Gasteiger partial charge in [0.25, 0.3) is 0 Å². The van der Waals surface area contributed by atoms with Crippen molar-refractivity contribution in [3.8, 4) is 0 Å². The first-order chi connectivity index (χ1) is 8.45. The summed E-state index contributed by atoms with van der Waals surface area (Å²) < 4.78 is 7.07. The van der Waals surface area contributed by atoms with Gasteiger partial charge in [0.05, 0.1) is 11.0 Å². The fourth-order valence-corrected chi connectivity index (χ4v) is 2.77. The van der Waals surface area contributed by atoms with Gasteiger partial charge < -0.3 is 9.73 Å². The van der Waals surface area contributed by atoms with Gasteiger partial charge in [0.15, 0.2) is 0 Å². The van der Waals surface area contributed by atoms with Crippen molar-refractivity contribution in [2.24, 2.45) is 0 Å². The minimum atomic E-state index is 0.0802. The number of nitrogens with one attached hydrogen (secondary N) is 1. The van der Waals surface area contributed by atoms with Crippen molar-refractivity contribution in [3.63, 3.8) is 0 Å². The van der Waals surface area contributed by atoms with Gasteiger partial charge >= 0.3 is 0 Å². The van der Waals surface area contributed by atoms with Crippen LogP contribution in [-0.4, -0.2) is 6.54 Å². The van der Waals surface area contributed by atoms with Crippen LogP contribution in [0.2, 0.25) is 0 Å². The van der Waals surface area contributed by atoms with Crippen LogP contribution in [-0.2, 0) is 12.0 Å². The third kappa shape index (κ3) is 2.47. The van der Waals surface area contributed by atoms with Crippen LogP contribution in [0.15, 0.2) is 27.1 Å². The Morgan fingerprint density at radius 1 is 1.28 bits per heavy atom. The van der Waals surface area contributed by atoms with Gasteiger partial charge in [0.2, 0.25) is 0 Å². The molecule has 0 aliphatic carbocycles. The summed E-state index contributed by atoms with van der Waals surface area (Å²) in [5.41, 5.74) is 2.34. The first-order valence-corrected chi connectivity index (χ1v) is 7.15. The Bertz CT molecular complexity index is 551. The molecule has 1 aromatic carbocycles. The van der Waals surface area contributed by atoms with Crippen LogP contribution in [0.3, 0.4) is 0 Å². The summed E-state index contributed by atoms with van der Waals surface area (Å²) in [5, 5.41) is 4.56. The smallest absolute Gasteiger partial charge is 0.148 e. The molecule has 1 aromatic heterocycles. The molecule has 0 saturated carbocycles. The summed E-state index contributed by atoms with van der Waals surface area (Å²) in [6.45, 7) is 10.5. The lowest BCUT2D eigenvalue weighted by molar-refractivity contribution is 0.486. The Morgan fingerprint density at radius 3 is 2.61 bits per heavy atom. The van der Waals surface area contributed by atoms with Crippen LogP contribution < -0.4 is 5.32 Å². The highest BCUT2D eigenvalue weighted by atomic mass is 79.9. The zero-order chi connectivity index (χ0) is 13.3. The number of fused-ring (bicyclic) bond motifs is 1. The van der Waals surface area contributed by atoms with Gasteiger partial charge in [-0.05, 0) is 34.0 Å². The molecule has 18 heavy (non-hydrogen) atoms. The zero-order valence-electron chi connectivity index (χ0n) is 11.4. The first kappa shape index (κ1) is 13.6. The van der Waals surface area contributed by atoms with E-state index in [0.717, 1.165) is 28.9 Å². The molecule has 98 valence electrons. The van der Waals surface area contributed by atoms with E-state index in [9.17, 15) is 0 Å². The molecular formula is C15H20BrNO. The summed E-state index contributed by atoms with van der Waals surface area (Å²) in [6, 6.07) is 6.23. The Labute approximate surface area is 117 Å². The molecule has 0 spiro atoms. The van der Waals surface area contributed by atoms with E-state index >= 15 is 0 Å². The molecule has 0 amide bonds. The Morgan fingerprint density at radius 2 is 2.00 bits per heavy atom. The largest absolute Gasteiger partial charge is 0.458 e. The van der Waals surface area contributed by atoms with Crippen LogP contribution in [0.4, 0.5) is 0 Å². The van der Waals surface area contributed by atoms with E-state index in [0.29, 0.717) is 0 Å². The Kier molecular flexibility index (Phi) is 3.83. The normalized spacial score (nSPS) is 12.3. The second-order valence-corrected chi connectivity index (χ2v) is 6.40. The highest BCUT2D eigenvalue weighted by molar-refractivity contribution is 9.10. The standard InChI is InChI=1S/C15H20BrNO/c1-5-17-9-12-13(15(2,3)4)10-7-6-8-11(16)14(10)18-12/h6-8,17H,5,9H2,1-4H3.